The number of anilines is 1. The molecule has 2 N–H and O–H groups in total. The Labute approximate surface area is 130 Å². The SMILES string of the molecule is CC(C)NC(=O)c1ccccc1NC(=O)C1CCS(=O)(=O)C1. The minimum absolute atomic E-state index is 0.0174. The standard InChI is InChI=1S/C15H20N2O4S/c1-10(2)16-15(19)12-5-3-4-6-13(12)17-14(18)11-7-8-22(20,21)9-11/h3-6,10-11H,7-9H2,1-2H3,(H,16,19)(H,17,18). The maximum absolute atomic E-state index is 12.2. The molecule has 1 heterocycles. The average molecular weight is 324 g/mol. The van der Waals surface area contributed by atoms with Crippen molar-refractivity contribution in [2.75, 3.05) is 16.8 Å². The molecule has 1 aliphatic rings. The summed E-state index contributed by atoms with van der Waals surface area (Å²) >= 11 is 0. The van der Waals surface area contributed by atoms with Crippen LogP contribution >= 0.6 is 0 Å². The Kier molecular flexibility index (Phi) is 4.85. The zero-order valence-corrected chi connectivity index (χ0v) is 13.4. The molecule has 7 heteroatoms. The van der Waals surface area contributed by atoms with Crippen molar-refractivity contribution in [1.29, 1.82) is 0 Å². The minimum Gasteiger partial charge on any atom is -0.350 e. The number of hydrogen-bond donors (Lipinski definition) is 2. The number of rotatable bonds is 4. The molecule has 1 fully saturated rings. The first kappa shape index (κ1) is 16.5. The van der Waals surface area contributed by atoms with Gasteiger partial charge in [0.2, 0.25) is 5.91 Å². The van der Waals surface area contributed by atoms with Gasteiger partial charge >= 0.3 is 0 Å². The summed E-state index contributed by atoms with van der Waals surface area (Å²) in [6.45, 7) is 3.70. The summed E-state index contributed by atoms with van der Waals surface area (Å²) in [6.07, 6.45) is 0.328. The number of carbonyl (C=O) groups is 2. The number of carbonyl (C=O) groups excluding carboxylic acids is 2. The number of benzene rings is 1. The lowest BCUT2D eigenvalue weighted by atomic mass is 10.1. The Hall–Kier alpha value is -1.89. The molecule has 0 spiro atoms. The van der Waals surface area contributed by atoms with Crippen LogP contribution in [-0.2, 0) is 14.6 Å². The molecule has 0 aliphatic carbocycles. The molecule has 1 aliphatic heterocycles. The summed E-state index contributed by atoms with van der Waals surface area (Å²) < 4.78 is 22.9. The monoisotopic (exact) mass is 324 g/mol. The second-order valence-corrected chi connectivity index (χ2v) is 7.99. The molecule has 120 valence electrons. The highest BCUT2D eigenvalue weighted by molar-refractivity contribution is 7.91. The molecular formula is C15H20N2O4S. The smallest absolute Gasteiger partial charge is 0.253 e. The maximum atomic E-state index is 12.2. The molecule has 2 rings (SSSR count). The third-order valence-electron chi connectivity index (χ3n) is 3.45. The van der Waals surface area contributed by atoms with E-state index in [2.05, 4.69) is 10.6 Å². The molecule has 2 amide bonds. The van der Waals surface area contributed by atoms with E-state index in [-0.39, 0.29) is 29.4 Å². The van der Waals surface area contributed by atoms with Crippen molar-refractivity contribution in [1.82, 2.24) is 5.32 Å². The fourth-order valence-electron chi connectivity index (χ4n) is 2.37. The molecule has 0 radical (unpaired) electrons. The van der Waals surface area contributed by atoms with E-state index < -0.39 is 15.8 Å². The zero-order chi connectivity index (χ0) is 16.3. The van der Waals surface area contributed by atoms with Gasteiger partial charge in [-0.25, -0.2) is 8.42 Å². The number of hydrogen-bond acceptors (Lipinski definition) is 4. The van der Waals surface area contributed by atoms with Gasteiger partial charge in [0.1, 0.15) is 0 Å². The van der Waals surface area contributed by atoms with E-state index >= 15 is 0 Å². The van der Waals surface area contributed by atoms with Gasteiger partial charge in [-0.05, 0) is 32.4 Å². The first-order valence-corrected chi connectivity index (χ1v) is 9.02. The van der Waals surface area contributed by atoms with Crippen molar-refractivity contribution in [2.45, 2.75) is 26.3 Å². The van der Waals surface area contributed by atoms with Crippen molar-refractivity contribution >= 4 is 27.3 Å². The van der Waals surface area contributed by atoms with Gasteiger partial charge in [0.05, 0.1) is 28.7 Å². The van der Waals surface area contributed by atoms with Crippen LogP contribution in [0.15, 0.2) is 24.3 Å². The van der Waals surface area contributed by atoms with Crippen LogP contribution in [0.1, 0.15) is 30.6 Å². The average Bonchev–Trinajstić information content (AvgIpc) is 2.79. The van der Waals surface area contributed by atoms with E-state index in [0.717, 1.165) is 0 Å². The van der Waals surface area contributed by atoms with E-state index in [1.165, 1.54) is 0 Å². The molecule has 0 aromatic heterocycles. The van der Waals surface area contributed by atoms with Crippen molar-refractivity contribution in [2.24, 2.45) is 5.92 Å². The molecule has 0 bridgehead atoms. The first-order chi connectivity index (χ1) is 10.3. The molecule has 22 heavy (non-hydrogen) atoms. The van der Waals surface area contributed by atoms with Gasteiger partial charge in [-0.15, -0.1) is 0 Å². The molecule has 0 saturated carbocycles. The van der Waals surface area contributed by atoms with E-state index in [9.17, 15) is 18.0 Å². The molecular weight excluding hydrogens is 304 g/mol. The van der Waals surface area contributed by atoms with Gasteiger partial charge in [0.25, 0.3) is 5.91 Å². The van der Waals surface area contributed by atoms with E-state index in [1.807, 2.05) is 13.8 Å². The number of sulfone groups is 1. The van der Waals surface area contributed by atoms with E-state index in [1.54, 1.807) is 24.3 Å². The van der Waals surface area contributed by atoms with Crippen LogP contribution in [0.25, 0.3) is 0 Å². The minimum atomic E-state index is -3.12. The van der Waals surface area contributed by atoms with Crippen molar-refractivity contribution in [3.05, 3.63) is 29.8 Å². The van der Waals surface area contributed by atoms with Gasteiger partial charge in [-0.1, -0.05) is 12.1 Å². The van der Waals surface area contributed by atoms with Gasteiger partial charge in [-0.2, -0.15) is 0 Å². The lowest BCUT2D eigenvalue weighted by molar-refractivity contribution is -0.119. The Balaban J connectivity index is 2.13. The summed E-state index contributed by atoms with van der Waals surface area (Å²) in [7, 11) is -3.12. The van der Waals surface area contributed by atoms with Crippen molar-refractivity contribution in [3.8, 4) is 0 Å². The number of nitrogens with one attached hydrogen (secondary N) is 2. The molecule has 1 aromatic carbocycles. The quantitative estimate of drug-likeness (QED) is 0.870. The fourth-order valence-corrected chi connectivity index (χ4v) is 4.11. The molecule has 6 nitrogen and oxygen atoms in total. The lowest BCUT2D eigenvalue weighted by Gasteiger charge is -2.14. The van der Waals surface area contributed by atoms with Gasteiger partial charge < -0.3 is 10.6 Å². The predicted octanol–water partition coefficient (Wildman–Crippen LogP) is 1.20. The van der Waals surface area contributed by atoms with Gasteiger partial charge in [0, 0.05) is 6.04 Å². The summed E-state index contributed by atoms with van der Waals surface area (Å²) in [5.41, 5.74) is 0.764. The molecule has 1 unspecified atom stereocenters. The van der Waals surface area contributed by atoms with Crippen LogP contribution in [-0.4, -0.2) is 37.8 Å². The van der Waals surface area contributed by atoms with E-state index in [0.29, 0.717) is 17.7 Å². The lowest BCUT2D eigenvalue weighted by Crippen LogP contribution is -2.31. The van der Waals surface area contributed by atoms with Crippen LogP contribution < -0.4 is 10.6 Å². The first-order valence-electron chi connectivity index (χ1n) is 7.19. The van der Waals surface area contributed by atoms with Crippen LogP contribution in [0, 0.1) is 5.92 Å². The summed E-state index contributed by atoms with van der Waals surface area (Å²) in [5.74, 6) is -1.26. The second-order valence-electron chi connectivity index (χ2n) is 5.76. The Bertz CT molecular complexity index is 683. The third-order valence-corrected chi connectivity index (χ3v) is 5.22. The number of para-hydroxylation sites is 1. The second kappa shape index (κ2) is 6.48. The van der Waals surface area contributed by atoms with E-state index in [4.69, 9.17) is 0 Å². The Morgan fingerprint density at radius 1 is 1.23 bits per heavy atom. The summed E-state index contributed by atoms with van der Waals surface area (Å²) in [4.78, 5) is 24.3. The van der Waals surface area contributed by atoms with Gasteiger partial charge in [0.15, 0.2) is 9.84 Å². The topological polar surface area (TPSA) is 92.3 Å². The van der Waals surface area contributed by atoms with Crippen LogP contribution in [0.4, 0.5) is 5.69 Å². The van der Waals surface area contributed by atoms with Crippen LogP contribution in [0.2, 0.25) is 0 Å². The third kappa shape index (κ3) is 4.07. The Morgan fingerprint density at radius 3 is 2.50 bits per heavy atom. The van der Waals surface area contributed by atoms with Gasteiger partial charge in [-0.3, -0.25) is 9.59 Å². The number of amides is 2. The van der Waals surface area contributed by atoms with Crippen molar-refractivity contribution < 1.29 is 18.0 Å². The fraction of sp³-hybridized carbons (Fsp3) is 0.467. The summed E-state index contributed by atoms with van der Waals surface area (Å²) in [5, 5.41) is 5.45. The zero-order valence-electron chi connectivity index (χ0n) is 12.6. The highest BCUT2D eigenvalue weighted by Gasteiger charge is 2.33. The van der Waals surface area contributed by atoms with Crippen LogP contribution in [0.3, 0.4) is 0 Å². The molecule has 1 saturated heterocycles. The highest BCUT2D eigenvalue weighted by Crippen LogP contribution is 2.22. The normalized spacial score (nSPS) is 19.9. The predicted molar refractivity (Wildman–Crippen MR) is 84.4 cm³/mol. The molecule has 1 atom stereocenters. The molecule has 1 aromatic rings. The Morgan fingerprint density at radius 2 is 1.91 bits per heavy atom. The van der Waals surface area contributed by atoms with Crippen LogP contribution in [0.5, 0.6) is 0 Å². The van der Waals surface area contributed by atoms with Crippen molar-refractivity contribution in [3.63, 3.8) is 0 Å². The highest BCUT2D eigenvalue weighted by atomic mass is 32.2. The summed E-state index contributed by atoms with van der Waals surface area (Å²) in [6, 6.07) is 6.67. The largest absolute Gasteiger partial charge is 0.350 e. The maximum Gasteiger partial charge on any atom is 0.253 e.